The lowest BCUT2D eigenvalue weighted by Crippen LogP contribution is -2.33. The van der Waals surface area contributed by atoms with Gasteiger partial charge in [-0.3, -0.25) is 0 Å². The van der Waals surface area contributed by atoms with E-state index < -0.39 is 0 Å². The molecule has 1 saturated heterocycles. The Kier molecular flexibility index (Phi) is 4.90. The van der Waals surface area contributed by atoms with Gasteiger partial charge < -0.3 is 16.2 Å². The van der Waals surface area contributed by atoms with Crippen molar-refractivity contribution in [2.75, 3.05) is 13.1 Å². The molecule has 1 aliphatic rings. The molecule has 3 nitrogen and oxygen atoms in total. The van der Waals surface area contributed by atoms with E-state index in [1.807, 2.05) is 12.1 Å². The molecule has 0 aliphatic carbocycles. The summed E-state index contributed by atoms with van der Waals surface area (Å²) in [6, 6.07) is 4.09. The Labute approximate surface area is 129 Å². The average Bonchev–Trinajstić information content (AvgIpc) is 2.35. The summed E-state index contributed by atoms with van der Waals surface area (Å²) in [6.45, 7) is 2.12. The van der Waals surface area contributed by atoms with E-state index >= 15 is 0 Å². The fourth-order valence-electron chi connectivity index (χ4n) is 2.25. The van der Waals surface area contributed by atoms with Gasteiger partial charge in [0.2, 0.25) is 0 Å². The van der Waals surface area contributed by atoms with Crippen LogP contribution in [0.5, 0.6) is 5.75 Å². The summed E-state index contributed by atoms with van der Waals surface area (Å²) in [5.41, 5.74) is 7.48. The predicted octanol–water partition coefficient (Wildman–Crippen LogP) is 2.60. The Morgan fingerprint density at radius 1 is 1.24 bits per heavy atom. The van der Waals surface area contributed by atoms with Crippen molar-refractivity contribution < 1.29 is 5.11 Å². The summed E-state index contributed by atoms with van der Waals surface area (Å²) in [6.07, 6.45) is 2.27. The fraction of sp³-hybridized carbons (Fsp3) is 0.500. The van der Waals surface area contributed by atoms with Crippen LogP contribution in [0.3, 0.4) is 0 Å². The molecule has 0 aromatic heterocycles. The molecule has 0 saturated carbocycles. The van der Waals surface area contributed by atoms with Crippen LogP contribution < -0.4 is 11.1 Å². The van der Waals surface area contributed by atoms with Gasteiger partial charge in [-0.1, -0.05) is 0 Å². The summed E-state index contributed by atoms with van der Waals surface area (Å²) in [7, 11) is 0. The second kappa shape index (κ2) is 6.03. The zero-order chi connectivity index (χ0) is 12.4. The van der Waals surface area contributed by atoms with Crippen LogP contribution in [0.1, 0.15) is 24.4 Å². The van der Waals surface area contributed by atoms with Crippen LogP contribution in [0.15, 0.2) is 12.1 Å². The third kappa shape index (κ3) is 3.24. The number of nitrogens with one attached hydrogen (secondary N) is 1. The van der Waals surface area contributed by atoms with E-state index in [1.165, 1.54) is 0 Å². The molecule has 4 N–H and O–H groups in total. The molecular weight excluding hydrogens is 442 g/mol. The highest BCUT2D eigenvalue weighted by Crippen LogP contribution is 2.33. The fourth-order valence-corrected chi connectivity index (χ4v) is 4.07. The highest BCUT2D eigenvalue weighted by Gasteiger charge is 2.22. The maximum atomic E-state index is 9.76. The van der Waals surface area contributed by atoms with Gasteiger partial charge in [0.25, 0.3) is 0 Å². The lowest BCUT2D eigenvalue weighted by atomic mass is 9.86. The minimum Gasteiger partial charge on any atom is -0.506 e. The third-order valence-corrected chi connectivity index (χ3v) is 4.96. The minimum absolute atomic E-state index is 0.0831. The topological polar surface area (TPSA) is 58.3 Å². The van der Waals surface area contributed by atoms with Crippen molar-refractivity contribution in [2.45, 2.75) is 18.9 Å². The largest absolute Gasteiger partial charge is 0.506 e. The highest BCUT2D eigenvalue weighted by atomic mass is 127. The summed E-state index contributed by atoms with van der Waals surface area (Å²) in [5.74, 6) is 0.917. The van der Waals surface area contributed by atoms with Gasteiger partial charge in [0, 0.05) is 6.04 Å². The minimum atomic E-state index is 0.0831. The van der Waals surface area contributed by atoms with E-state index in [0.29, 0.717) is 11.7 Å². The maximum Gasteiger partial charge on any atom is 0.142 e. The van der Waals surface area contributed by atoms with Crippen LogP contribution in [0.25, 0.3) is 0 Å². The van der Waals surface area contributed by atoms with Gasteiger partial charge in [-0.15, -0.1) is 0 Å². The van der Waals surface area contributed by atoms with Gasteiger partial charge in [0.05, 0.1) is 7.14 Å². The molecule has 0 amide bonds. The molecule has 1 aromatic rings. The standard InChI is InChI=1S/C12H16I2N2O/c13-9-5-8(6-10(14)12(9)17)11(15)7-1-3-16-4-2-7/h5-7,11,16-17H,1-4,15H2/t11-/m1/s1. The first-order valence-corrected chi connectivity index (χ1v) is 7.89. The van der Waals surface area contributed by atoms with Crippen molar-refractivity contribution in [1.82, 2.24) is 5.32 Å². The van der Waals surface area contributed by atoms with Gasteiger partial charge in [-0.2, -0.15) is 0 Å². The lowest BCUT2D eigenvalue weighted by Gasteiger charge is -2.28. The van der Waals surface area contributed by atoms with Gasteiger partial charge >= 0.3 is 0 Å². The van der Waals surface area contributed by atoms with E-state index in [4.69, 9.17) is 5.73 Å². The number of phenols is 1. The van der Waals surface area contributed by atoms with Crippen LogP contribution >= 0.6 is 45.2 Å². The number of benzene rings is 1. The summed E-state index contributed by atoms with van der Waals surface area (Å²) in [4.78, 5) is 0. The summed E-state index contributed by atoms with van der Waals surface area (Å²) >= 11 is 4.31. The number of nitrogens with two attached hydrogens (primary N) is 1. The molecule has 0 radical (unpaired) electrons. The third-order valence-electron chi connectivity index (χ3n) is 3.32. The molecule has 0 bridgehead atoms. The van der Waals surface area contributed by atoms with Crippen LogP contribution in [0.4, 0.5) is 0 Å². The molecule has 94 valence electrons. The Balaban J connectivity index is 2.21. The summed E-state index contributed by atoms with van der Waals surface area (Å²) in [5, 5.41) is 13.1. The Morgan fingerprint density at radius 3 is 2.29 bits per heavy atom. The van der Waals surface area contributed by atoms with Crippen molar-refractivity contribution in [3.05, 3.63) is 24.8 Å². The van der Waals surface area contributed by atoms with E-state index in [9.17, 15) is 5.11 Å². The monoisotopic (exact) mass is 458 g/mol. The quantitative estimate of drug-likeness (QED) is 0.598. The number of aromatic hydroxyl groups is 1. The number of piperidine rings is 1. The smallest absolute Gasteiger partial charge is 0.142 e. The number of halogens is 2. The van der Waals surface area contributed by atoms with E-state index in [2.05, 4.69) is 50.5 Å². The number of phenolic OH excluding ortho intramolecular Hbond substituents is 1. The maximum absolute atomic E-state index is 9.76. The molecule has 1 aliphatic heterocycles. The van der Waals surface area contributed by atoms with Gasteiger partial charge in [-0.25, -0.2) is 0 Å². The van der Waals surface area contributed by atoms with Crippen LogP contribution in [0, 0.1) is 13.1 Å². The van der Waals surface area contributed by atoms with Gasteiger partial charge in [0.15, 0.2) is 0 Å². The highest BCUT2D eigenvalue weighted by molar-refractivity contribution is 14.1. The first kappa shape index (κ1) is 13.8. The Bertz CT molecular complexity index is 382. The first-order valence-electron chi connectivity index (χ1n) is 5.74. The molecule has 1 atom stereocenters. The van der Waals surface area contributed by atoms with Crippen molar-refractivity contribution in [3.8, 4) is 5.75 Å². The number of rotatable bonds is 2. The molecule has 5 heteroatoms. The number of hydrogen-bond acceptors (Lipinski definition) is 3. The second-order valence-electron chi connectivity index (χ2n) is 4.45. The zero-order valence-corrected chi connectivity index (χ0v) is 13.7. The average molecular weight is 458 g/mol. The van der Waals surface area contributed by atoms with Gasteiger partial charge in [0.1, 0.15) is 5.75 Å². The number of hydrogen-bond donors (Lipinski definition) is 3. The SMILES string of the molecule is N[C@@H](c1cc(I)c(O)c(I)c1)C1CCNCC1. The van der Waals surface area contributed by atoms with E-state index in [0.717, 1.165) is 38.6 Å². The normalized spacial score (nSPS) is 19.2. The first-order chi connectivity index (χ1) is 8.09. The van der Waals surface area contributed by atoms with E-state index in [1.54, 1.807) is 0 Å². The molecular formula is C12H16I2N2O. The lowest BCUT2D eigenvalue weighted by molar-refractivity contribution is 0.322. The Hall–Kier alpha value is 0.400. The molecule has 1 fully saturated rings. The van der Waals surface area contributed by atoms with Crippen molar-refractivity contribution in [2.24, 2.45) is 11.7 Å². The molecule has 1 aromatic carbocycles. The molecule has 17 heavy (non-hydrogen) atoms. The van der Waals surface area contributed by atoms with Crippen LogP contribution in [0.2, 0.25) is 0 Å². The van der Waals surface area contributed by atoms with Crippen molar-refractivity contribution in [3.63, 3.8) is 0 Å². The van der Waals surface area contributed by atoms with E-state index in [-0.39, 0.29) is 6.04 Å². The Morgan fingerprint density at radius 2 is 1.76 bits per heavy atom. The second-order valence-corrected chi connectivity index (χ2v) is 6.77. The van der Waals surface area contributed by atoms with Crippen molar-refractivity contribution >= 4 is 45.2 Å². The molecule has 1 heterocycles. The summed E-state index contributed by atoms with van der Waals surface area (Å²) < 4.78 is 1.77. The molecule has 2 rings (SSSR count). The molecule has 0 unspecified atom stereocenters. The zero-order valence-electron chi connectivity index (χ0n) is 9.42. The van der Waals surface area contributed by atoms with Crippen LogP contribution in [-0.4, -0.2) is 18.2 Å². The molecule has 0 spiro atoms. The van der Waals surface area contributed by atoms with Gasteiger partial charge in [-0.05, 0) is 94.7 Å². The van der Waals surface area contributed by atoms with Crippen molar-refractivity contribution in [1.29, 1.82) is 0 Å². The predicted molar refractivity (Wildman–Crippen MR) is 86.1 cm³/mol. The van der Waals surface area contributed by atoms with Crippen LogP contribution in [-0.2, 0) is 0 Å².